The highest BCUT2D eigenvalue weighted by Gasteiger charge is 2.46. The summed E-state index contributed by atoms with van der Waals surface area (Å²) in [5.74, 6) is -2.83. The Labute approximate surface area is 85.5 Å². The van der Waals surface area contributed by atoms with Crippen LogP contribution in [0.3, 0.4) is 0 Å². The van der Waals surface area contributed by atoms with Crippen LogP contribution in [0.5, 0.6) is 0 Å². The molecule has 5 heteroatoms. The molecular weight excluding hydrogens is 204 g/mol. The smallest absolute Gasteiger partial charge is 0.287 e. The second kappa shape index (κ2) is 3.32. The Hall–Kier alpha value is -1.39. The fourth-order valence-electron chi connectivity index (χ4n) is 1.62. The molecule has 0 unspecified atom stereocenters. The quantitative estimate of drug-likeness (QED) is 0.821. The summed E-state index contributed by atoms with van der Waals surface area (Å²) in [6.45, 7) is 1.73. The second-order valence-corrected chi connectivity index (χ2v) is 3.87. The Morgan fingerprint density at radius 2 is 2.27 bits per heavy atom. The van der Waals surface area contributed by atoms with Crippen LogP contribution >= 0.6 is 0 Å². The number of amides is 1. The number of hydrogen-bond donors (Lipinski definition) is 1. The fourth-order valence-corrected chi connectivity index (χ4v) is 1.62. The summed E-state index contributed by atoms with van der Waals surface area (Å²) in [4.78, 5) is 11.5. The first kappa shape index (κ1) is 10.1. The lowest BCUT2D eigenvalue weighted by Crippen LogP contribution is -2.50. The van der Waals surface area contributed by atoms with Gasteiger partial charge in [0.2, 0.25) is 0 Å². The summed E-state index contributed by atoms with van der Waals surface area (Å²) in [6, 6.07) is 1.22. The molecule has 1 aliphatic carbocycles. The van der Waals surface area contributed by atoms with Crippen LogP contribution in [0.1, 0.15) is 29.0 Å². The van der Waals surface area contributed by atoms with Gasteiger partial charge in [0, 0.05) is 24.4 Å². The molecule has 0 spiro atoms. The highest BCUT2D eigenvalue weighted by molar-refractivity contribution is 5.93. The van der Waals surface area contributed by atoms with E-state index in [1.807, 2.05) is 0 Å². The number of carbonyl (C=O) groups is 1. The minimum atomic E-state index is -2.61. The van der Waals surface area contributed by atoms with Gasteiger partial charge in [-0.3, -0.25) is 4.79 Å². The molecule has 0 bridgehead atoms. The molecule has 0 saturated heterocycles. The minimum absolute atomic E-state index is 0.199. The van der Waals surface area contributed by atoms with Crippen LogP contribution in [-0.4, -0.2) is 17.9 Å². The van der Waals surface area contributed by atoms with Gasteiger partial charge in [-0.15, -0.1) is 0 Å². The Kier molecular flexibility index (Phi) is 2.25. The maximum absolute atomic E-state index is 12.5. The number of rotatable bonds is 2. The number of hydrogen-bond acceptors (Lipinski definition) is 2. The monoisotopic (exact) mass is 215 g/mol. The number of furan rings is 1. The van der Waals surface area contributed by atoms with Crippen molar-refractivity contribution in [2.75, 3.05) is 0 Å². The molecule has 0 aliphatic heterocycles. The van der Waals surface area contributed by atoms with Crippen molar-refractivity contribution in [2.45, 2.75) is 31.7 Å². The molecule has 1 aromatic heterocycles. The van der Waals surface area contributed by atoms with E-state index < -0.39 is 17.9 Å². The van der Waals surface area contributed by atoms with Crippen LogP contribution in [0.2, 0.25) is 0 Å². The molecule has 0 atom stereocenters. The van der Waals surface area contributed by atoms with E-state index in [0.29, 0.717) is 5.56 Å². The molecule has 2 rings (SSSR count). The highest BCUT2D eigenvalue weighted by Crippen LogP contribution is 2.37. The lowest BCUT2D eigenvalue weighted by molar-refractivity contribution is -0.0902. The van der Waals surface area contributed by atoms with Gasteiger partial charge in [0.05, 0.1) is 6.26 Å². The number of nitrogens with one attached hydrogen (secondary N) is 1. The molecular formula is C10H11F2NO2. The zero-order valence-electron chi connectivity index (χ0n) is 8.22. The van der Waals surface area contributed by atoms with Crippen LogP contribution in [0.4, 0.5) is 8.78 Å². The van der Waals surface area contributed by atoms with Crippen molar-refractivity contribution in [3.63, 3.8) is 0 Å². The zero-order valence-corrected chi connectivity index (χ0v) is 8.22. The van der Waals surface area contributed by atoms with Gasteiger partial charge in [-0.1, -0.05) is 0 Å². The molecule has 1 N–H and O–H groups in total. The van der Waals surface area contributed by atoms with Gasteiger partial charge in [-0.2, -0.15) is 0 Å². The van der Waals surface area contributed by atoms with E-state index in [9.17, 15) is 13.6 Å². The van der Waals surface area contributed by atoms with E-state index in [0.717, 1.165) is 0 Å². The predicted molar refractivity (Wildman–Crippen MR) is 48.9 cm³/mol. The van der Waals surface area contributed by atoms with E-state index in [4.69, 9.17) is 4.42 Å². The summed E-state index contributed by atoms with van der Waals surface area (Å²) in [5.41, 5.74) is 0.707. The lowest BCUT2D eigenvalue weighted by Gasteiger charge is -2.35. The van der Waals surface area contributed by atoms with Gasteiger partial charge >= 0.3 is 0 Å². The van der Waals surface area contributed by atoms with E-state index in [1.165, 1.54) is 6.26 Å². The zero-order chi connectivity index (χ0) is 11.1. The van der Waals surface area contributed by atoms with E-state index in [2.05, 4.69) is 5.32 Å². The summed E-state index contributed by atoms with van der Waals surface area (Å²) in [5, 5.41) is 2.50. The average Bonchev–Trinajstić information content (AvgIpc) is 2.47. The van der Waals surface area contributed by atoms with Crippen LogP contribution in [0.15, 0.2) is 16.7 Å². The molecule has 1 aromatic rings. The number of halogens is 2. The summed E-state index contributed by atoms with van der Waals surface area (Å²) in [7, 11) is 0. The molecule has 1 saturated carbocycles. The van der Waals surface area contributed by atoms with E-state index >= 15 is 0 Å². The van der Waals surface area contributed by atoms with Crippen molar-refractivity contribution in [3.8, 4) is 0 Å². The van der Waals surface area contributed by atoms with Crippen molar-refractivity contribution in [3.05, 3.63) is 23.7 Å². The largest absolute Gasteiger partial charge is 0.459 e. The van der Waals surface area contributed by atoms with Crippen molar-refractivity contribution in [2.24, 2.45) is 0 Å². The van der Waals surface area contributed by atoms with Gasteiger partial charge in [0.25, 0.3) is 11.8 Å². The molecule has 82 valence electrons. The van der Waals surface area contributed by atoms with Gasteiger partial charge in [-0.05, 0) is 13.0 Å². The number of alkyl halides is 2. The predicted octanol–water partition coefficient (Wildman–Crippen LogP) is 2.12. The molecule has 1 amide bonds. The molecule has 1 heterocycles. The lowest BCUT2D eigenvalue weighted by atomic mass is 9.88. The van der Waals surface area contributed by atoms with E-state index in [1.54, 1.807) is 13.0 Å². The van der Waals surface area contributed by atoms with Crippen LogP contribution in [0.25, 0.3) is 0 Å². The molecule has 0 aromatic carbocycles. The first-order chi connectivity index (χ1) is 6.98. The van der Waals surface area contributed by atoms with Crippen LogP contribution < -0.4 is 5.32 Å². The van der Waals surface area contributed by atoms with Crippen molar-refractivity contribution >= 4 is 5.91 Å². The fraction of sp³-hybridized carbons (Fsp3) is 0.500. The molecule has 1 fully saturated rings. The van der Waals surface area contributed by atoms with E-state index in [-0.39, 0.29) is 18.6 Å². The normalized spacial score (nSPS) is 19.7. The number of carbonyl (C=O) groups excluding carboxylic acids is 1. The SMILES string of the molecule is Cc1ccoc1C(=O)NC1CC(F)(F)C1. The van der Waals surface area contributed by atoms with Gasteiger partial charge < -0.3 is 9.73 Å². The molecule has 3 nitrogen and oxygen atoms in total. The minimum Gasteiger partial charge on any atom is -0.459 e. The third-order valence-corrected chi connectivity index (χ3v) is 2.49. The van der Waals surface area contributed by atoms with Gasteiger partial charge in [-0.25, -0.2) is 8.78 Å². The Balaban J connectivity index is 1.92. The van der Waals surface area contributed by atoms with Gasteiger partial charge in [0.1, 0.15) is 0 Å². The average molecular weight is 215 g/mol. The topological polar surface area (TPSA) is 42.2 Å². The van der Waals surface area contributed by atoms with Gasteiger partial charge in [0.15, 0.2) is 5.76 Å². The van der Waals surface area contributed by atoms with Crippen molar-refractivity contribution in [1.82, 2.24) is 5.32 Å². The molecule has 15 heavy (non-hydrogen) atoms. The molecule has 0 radical (unpaired) electrons. The highest BCUT2D eigenvalue weighted by atomic mass is 19.3. The maximum atomic E-state index is 12.5. The van der Waals surface area contributed by atoms with Crippen molar-refractivity contribution < 1.29 is 18.0 Å². The summed E-state index contributed by atoms with van der Waals surface area (Å²) in [6.07, 6.45) is 0.844. The Morgan fingerprint density at radius 1 is 1.60 bits per heavy atom. The van der Waals surface area contributed by atoms with Crippen LogP contribution in [-0.2, 0) is 0 Å². The first-order valence-electron chi connectivity index (χ1n) is 4.71. The summed E-state index contributed by atoms with van der Waals surface area (Å²) < 4.78 is 29.9. The number of aryl methyl sites for hydroxylation is 1. The Bertz CT molecular complexity index is 379. The first-order valence-corrected chi connectivity index (χ1v) is 4.71. The standard InChI is InChI=1S/C10H11F2NO2/c1-6-2-3-15-8(6)9(14)13-7-4-10(11,12)5-7/h2-3,7H,4-5H2,1H3,(H,13,14). The van der Waals surface area contributed by atoms with Crippen molar-refractivity contribution in [1.29, 1.82) is 0 Å². The van der Waals surface area contributed by atoms with Crippen LogP contribution in [0, 0.1) is 6.92 Å². The second-order valence-electron chi connectivity index (χ2n) is 3.87. The maximum Gasteiger partial charge on any atom is 0.287 e. The Morgan fingerprint density at radius 3 is 2.73 bits per heavy atom. The third-order valence-electron chi connectivity index (χ3n) is 2.49. The molecule has 1 aliphatic rings. The summed E-state index contributed by atoms with van der Waals surface area (Å²) >= 11 is 0. The third kappa shape index (κ3) is 2.00.